The van der Waals surface area contributed by atoms with E-state index in [4.69, 9.17) is 4.98 Å². The zero-order valence-corrected chi connectivity index (χ0v) is 39.7. The number of benzene rings is 8. The van der Waals surface area contributed by atoms with Crippen LogP contribution in [-0.2, 0) is 25.7 Å². The molecule has 3 heterocycles. The van der Waals surface area contributed by atoms with E-state index in [0.29, 0.717) is 0 Å². The highest BCUT2D eigenvalue weighted by molar-refractivity contribution is 5.95. The molecule has 0 saturated heterocycles. The second-order valence-corrected chi connectivity index (χ2v) is 18.5. The number of nitrogens with zero attached hydrogens (tertiary/aromatic N) is 3. The second kappa shape index (κ2) is 20.0. The van der Waals surface area contributed by atoms with Gasteiger partial charge in [-0.3, -0.25) is 15.0 Å². The van der Waals surface area contributed by atoms with Crippen LogP contribution in [-0.4, -0.2) is 15.0 Å². The topological polar surface area (TPSA) is 38.7 Å². The van der Waals surface area contributed by atoms with Crippen molar-refractivity contribution in [3.63, 3.8) is 0 Å². The Labute approximate surface area is 411 Å². The molecule has 336 valence electrons. The Morgan fingerprint density at radius 2 is 0.786 bits per heavy atom. The average molecular weight is 900 g/mol. The molecule has 0 fully saturated rings. The van der Waals surface area contributed by atoms with Crippen LogP contribution in [0.15, 0.2) is 237 Å². The lowest BCUT2D eigenvalue weighted by molar-refractivity contribution is 0.931. The molecule has 0 aliphatic heterocycles. The van der Waals surface area contributed by atoms with Crippen LogP contribution in [0.3, 0.4) is 0 Å². The molecule has 0 amide bonds. The molecule has 70 heavy (non-hydrogen) atoms. The van der Waals surface area contributed by atoms with Crippen molar-refractivity contribution in [2.75, 3.05) is 0 Å². The van der Waals surface area contributed by atoms with Crippen LogP contribution >= 0.6 is 0 Å². The van der Waals surface area contributed by atoms with Gasteiger partial charge in [-0.05, 0) is 165 Å². The largest absolute Gasteiger partial charge is 0.256 e. The molecule has 0 N–H and O–H groups in total. The summed E-state index contributed by atoms with van der Waals surface area (Å²) in [4.78, 5) is 14.2. The molecule has 0 aliphatic carbocycles. The standard InChI is InChI=1S/C67H53N3/c1-46-33-35-68-65(37-46)53-27-23-48(24-28-53)19-21-50-39-51(22-20-49-25-29-54(30-26-49)66-38-47(2)34-36-69-66)41-60(40-50)61-17-8-9-18-62(61)63-32-31-58(67-44-56-13-6-7-14-59(56)45-70-67)43-64(63)57-16-10-15-55(42-57)52-11-4-3-5-12-52/h3-18,23-45H,19-22H2,1-2H3. The lowest BCUT2D eigenvalue weighted by atomic mass is 9.86. The van der Waals surface area contributed by atoms with Gasteiger partial charge in [-0.2, -0.15) is 0 Å². The van der Waals surface area contributed by atoms with E-state index in [2.05, 4.69) is 230 Å². The summed E-state index contributed by atoms with van der Waals surface area (Å²) in [6.45, 7) is 4.23. The summed E-state index contributed by atoms with van der Waals surface area (Å²) in [5.41, 5.74) is 23.6. The van der Waals surface area contributed by atoms with Crippen LogP contribution in [0, 0.1) is 13.8 Å². The summed E-state index contributed by atoms with van der Waals surface area (Å²) >= 11 is 0. The fourth-order valence-electron chi connectivity index (χ4n) is 9.74. The Bertz CT molecular complexity index is 3500. The van der Waals surface area contributed by atoms with Crippen molar-refractivity contribution in [1.29, 1.82) is 0 Å². The van der Waals surface area contributed by atoms with Crippen LogP contribution in [0.5, 0.6) is 0 Å². The predicted octanol–water partition coefficient (Wildman–Crippen LogP) is 16.9. The van der Waals surface area contributed by atoms with Crippen molar-refractivity contribution < 1.29 is 0 Å². The van der Waals surface area contributed by atoms with Crippen molar-refractivity contribution in [3.05, 3.63) is 270 Å². The Morgan fingerprint density at radius 3 is 1.43 bits per heavy atom. The number of fused-ring (bicyclic) bond motifs is 1. The summed E-state index contributed by atoms with van der Waals surface area (Å²) in [5.74, 6) is 0. The highest BCUT2D eigenvalue weighted by Gasteiger charge is 2.17. The van der Waals surface area contributed by atoms with Crippen molar-refractivity contribution in [3.8, 4) is 78.3 Å². The highest BCUT2D eigenvalue weighted by Crippen LogP contribution is 2.42. The first-order valence-electron chi connectivity index (χ1n) is 24.4. The minimum atomic E-state index is 0.925. The minimum Gasteiger partial charge on any atom is -0.256 e. The quantitative estimate of drug-likeness (QED) is 0.116. The van der Waals surface area contributed by atoms with Crippen LogP contribution in [0.2, 0.25) is 0 Å². The molecule has 0 aliphatic rings. The molecule has 3 heteroatoms. The van der Waals surface area contributed by atoms with Gasteiger partial charge in [0.15, 0.2) is 0 Å². The fraction of sp³-hybridized carbons (Fsp3) is 0.0896. The number of hydrogen-bond acceptors (Lipinski definition) is 3. The zero-order valence-electron chi connectivity index (χ0n) is 39.7. The molecule has 3 nitrogen and oxygen atoms in total. The fourth-order valence-corrected chi connectivity index (χ4v) is 9.74. The molecule has 0 radical (unpaired) electrons. The highest BCUT2D eigenvalue weighted by atomic mass is 14.7. The monoisotopic (exact) mass is 899 g/mol. The lowest BCUT2D eigenvalue weighted by Gasteiger charge is -2.18. The van der Waals surface area contributed by atoms with Crippen LogP contribution in [0.25, 0.3) is 89.1 Å². The van der Waals surface area contributed by atoms with E-state index in [1.165, 1.54) is 77.7 Å². The number of pyridine rings is 3. The molecule has 0 unspecified atom stereocenters. The molecular formula is C67H53N3. The molecule has 3 aromatic heterocycles. The van der Waals surface area contributed by atoms with Crippen molar-refractivity contribution in [2.45, 2.75) is 39.5 Å². The third kappa shape index (κ3) is 9.88. The Morgan fingerprint density at radius 1 is 0.271 bits per heavy atom. The maximum Gasteiger partial charge on any atom is 0.0708 e. The lowest BCUT2D eigenvalue weighted by Crippen LogP contribution is -1.98. The third-order valence-electron chi connectivity index (χ3n) is 13.5. The molecule has 0 atom stereocenters. The van der Waals surface area contributed by atoms with Crippen molar-refractivity contribution in [2.24, 2.45) is 0 Å². The van der Waals surface area contributed by atoms with Gasteiger partial charge in [-0.25, -0.2) is 0 Å². The summed E-state index contributed by atoms with van der Waals surface area (Å²) < 4.78 is 0. The molecular weight excluding hydrogens is 847 g/mol. The molecule has 0 spiro atoms. The van der Waals surface area contributed by atoms with E-state index in [-0.39, 0.29) is 0 Å². The van der Waals surface area contributed by atoms with E-state index >= 15 is 0 Å². The summed E-state index contributed by atoms with van der Waals surface area (Å²) in [6.07, 6.45) is 9.50. The van der Waals surface area contributed by atoms with E-state index in [0.717, 1.165) is 70.4 Å². The van der Waals surface area contributed by atoms with Gasteiger partial charge in [-0.15, -0.1) is 0 Å². The van der Waals surface area contributed by atoms with Gasteiger partial charge in [0.05, 0.1) is 17.1 Å². The summed E-state index contributed by atoms with van der Waals surface area (Å²) in [6, 6.07) is 79.8. The zero-order chi connectivity index (χ0) is 47.2. The number of rotatable bonds is 13. The van der Waals surface area contributed by atoms with Gasteiger partial charge >= 0.3 is 0 Å². The van der Waals surface area contributed by atoms with Crippen molar-refractivity contribution in [1.82, 2.24) is 15.0 Å². The first-order valence-corrected chi connectivity index (χ1v) is 24.4. The predicted molar refractivity (Wildman–Crippen MR) is 293 cm³/mol. The first kappa shape index (κ1) is 44.0. The van der Waals surface area contributed by atoms with Gasteiger partial charge in [0.1, 0.15) is 0 Å². The van der Waals surface area contributed by atoms with Gasteiger partial charge < -0.3 is 0 Å². The van der Waals surface area contributed by atoms with Crippen LogP contribution < -0.4 is 0 Å². The number of aryl methyl sites for hydroxylation is 6. The Balaban J connectivity index is 0.975. The van der Waals surface area contributed by atoms with Gasteiger partial charge in [0, 0.05) is 40.7 Å². The maximum absolute atomic E-state index is 4.98. The van der Waals surface area contributed by atoms with Crippen LogP contribution in [0.4, 0.5) is 0 Å². The minimum absolute atomic E-state index is 0.925. The molecule has 11 rings (SSSR count). The average Bonchev–Trinajstić information content (AvgIpc) is 3.42. The number of hydrogen-bond donors (Lipinski definition) is 0. The van der Waals surface area contributed by atoms with E-state index in [9.17, 15) is 0 Å². The van der Waals surface area contributed by atoms with Gasteiger partial charge in [-0.1, -0.05) is 176 Å². The Hall–Kier alpha value is -8.53. The van der Waals surface area contributed by atoms with E-state index in [1.54, 1.807) is 0 Å². The smallest absolute Gasteiger partial charge is 0.0708 e. The molecule has 11 aromatic rings. The summed E-state index contributed by atoms with van der Waals surface area (Å²) in [7, 11) is 0. The van der Waals surface area contributed by atoms with Crippen molar-refractivity contribution >= 4 is 10.8 Å². The Kier molecular flexibility index (Phi) is 12.6. The number of aromatic nitrogens is 3. The third-order valence-corrected chi connectivity index (χ3v) is 13.5. The van der Waals surface area contributed by atoms with E-state index < -0.39 is 0 Å². The van der Waals surface area contributed by atoms with E-state index in [1.807, 2.05) is 30.7 Å². The molecule has 0 saturated carbocycles. The maximum atomic E-state index is 4.98. The van der Waals surface area contributed by atoms with Gasteiger partial charge in [0.25, 0.3) is 0 Å². The normalized spacial score (nSPS) is 11.2. The molecule has 8 aromatic carbocycles. The second-order valence-electron chi connectivity index (χ2n) is 18.5. The summed E-state index contributed by atoms with van der Waals surface area (Å²) in [5, 5.41) is 2.31. The molecule has 0 bridgehead atoms. The van der Waals surface area contributed by atoms with Crippen LogP contribution in [0.1, 0.15) is 33.4 Å². The SMILES string of the molecule is Cc1ccnc(-c2ccc(CCc3cc(CCc4ccc(-c5cc(C)ccn5)cc4)cc(-c4ccccc4-c4ccc(-c5cc6ccccc6cn5)cc4-c4cccc(-c5ccccc5)c4)c3)cc2)c1. The first-order chi connectivity index (χ1) is 34.5. The van der Waals surface area contributed by atoms with Gasteiger partial charge in [0.2, 0.25) is 0 Å².